The Morgan fingerprint density at radius 3 is 2.60 bits per heavy atom. The first-order valence-electron chi connectivity index (χ1n) is 5.90. The summed E-state index contributed by atoms with van der Waals surface area (Å²) in [5.74, 6) is 1.20. The molecule has 80 valence electrons. The monoisotopic (exact) mass is 202 g/mol. The van der Waals surface area contributed by atoms with Crippen LogP contribution < -0.4 is 0 Å². The quantitative estimate of drug-likeness (QED) is 0.685. The van der Waals surface area contributed by atoms with Crippen LogP contribution in [0.5, 0.6) is 0 Å². The standard InChI is InChI=1S/C14H18O/c15-11-10-13-8-4-5-9-14(13)12-6-2-1-3-7-12/h1-3,6-7,11,13-14H,4-5,8-10H2/t13-,14+/m0/s1. The first-order chi connectivity index (χ1) is 7.42. The summed E-state index contributed by atoms with van der Waals surface area (Å²) in [7, 11) is 0. The van der Waals surface area contributed by atoms with E-state index in [0.29, 0.717) is 11.8 Å². The molecule has 2 atom stereocenters. The Kier molecular flexibility index (Phi) is 3.54. The van der Waals surface area contributed by atoms with Gasteiger partial charge in [0.25, 0.3) is 0 Å². The van der Waals surface area contributed by atoms with Gasteiger partial charge in [-0.3, -0.25) is 0 Å². The van der Waals surface area contributed by atoms with E-state index in [1.807, 2.05) is 0 Å². The maximum atomic E-state index is 10.6. The van der Waals surface area contributed by atoms with Crippen LogP contribution in [0.1, 0.15) is 43.6 Å². The maximum absolute atomic E-state index is 10.6. The Morgan fingerprint density at radius 1 is 1.13 bits per heavy atom. The van der Waals surface area contributed by atoms with Gasteiger partial charge in [-0.1, -0.05) is 43.2 Å². The molecule has 0 bridgehead atoms. The van der Waals surface area contributed by atoms with Crippen LogP contribution in [0.2, 0.25) is 0 Å². The van der Waals surface area contributed by atoms with Crippen molar-refractivity contribution in [1.29, 1.82) is 0 Å². The van der Waals surface area contributed by atoms with Crippen LogP contribution in [-0.2, 0) is 4.79 Å². The van der Waals surface area contributed by atoms with Gasteiger partial charge < -0.3 is 4.79 Å². The molecule has 1 fully saturated rings. The Hall–Kier alpha value is -1.11. The summed E-state index contributed by atoms with van der Waals surface area (Å²) in [5.41, 5.74) is 1.42. The summed E-state index contributed by atoms with van der Waals surface area (Å²) < 4.78 is 0. The second-order valence-corrected chi connectivity index (χ2v) is 4.46. The highest BCUT2D eigenvalue weighted by Crippen LogP contribution is 2.38. The lowest BCUT2D eigenvalue weighted by atomic mass is 9.74. The summed E-state index contributed by atoms with van der Waals surface area (Å²) in [6.07, 6.45) is 6.91. The van der Waals surface area contributed by atoms with Crippen LogP contribution in [0.15, 0.2) is 30.3 Å². The fourth-order valence-electron chi connectivity index (χ4n) is 2.75. The number of carbonyl (C=O) groups excluding carboxylic acids is 1. The van der Waals surface area contributed by atoms with Crippen molar-refractivity contribution in [3.63, 3.8) is 0 Å². The lowest BCUT2D eigenvalue weighted by Gasteiger charge is -2.30. The number of carbonyl (C=O) groups is 1. The Morgan fingerprint density at radius 2 is 1.87 bits per heavy atom. The molecule has 0 unspecified atom stereocenters. The smallest absolute Gasteiger partial charge is 0.120 e. The molecule has 1 aliphatic rings. The molecule has 1 saturated carbocycles. The lowest BCUT2D eigenvalue weighted by Crippen LogP contribution is -2.18. The summed E-state index contributed by atoms with van der Waals surface area (Å²) in [6.45, 7) is 0. The van der Waals surface area contributed by atoms with E-state index in [9.17, 15) is 4.79 Å². The Bertz CT molecular complexity index is 304. The molecule has 1 aliphatic carbocycles. The van der Waals surface area contributed by atoms with Crippen molar-refractivity contribution in [1.82, 2.24) is 0 Å². The van der Waals surface area contributed by atoms with Gasteiger partial charge in [-0.05, 0) is 30.2 Å². The third kappa shape index (κ3) is 2.47. The van der Waals surface area contributed by atoms with E-state index in [1.54, 1.807) is 0 Å². The fourth-order valence-corrected chi connectivity index (χ4v) is 2.75. The summed E-state index contributed by atoms with van der Waals surface area (Å²) in [5, 5.41) is 0. The second kappa shape index (κ2) is 5.11. The third-order valence-electron chi connectivity index (χ3n) is 3.54. The van der Waals surface area contributed by atoms with E-state index in [0.717, 1.165) is 12.7 Å². The highest BCUT2D eigenvalue weighted by Gasteiger charge is 2.25. The van der Waals surface area contributed by atoms with Crippen molar-refractivity contribution in [2.45, 2.75) is 38.0 Å². The molecule has 0 saturated heterocycles. The van der Waals surface area contributed by atoms with E-state index in [-0.39, 0.29) is 0 Å². The molecule has 0 N–H and O–H groups in total. The molecule has 1 nitrogen and oxygen atoms in total. The minimum atomic E-state index is 0.582. The average Bonchev–Trinajstić information content (AvgIpc) is 2.31. The average molecular weight is 202 g/mol. The maximum Gasteiger partial charge on any atom is 0.120 e. The minimum absolute atomic E-state index is 0.582. The molecule has 1 aromatic rings. The number of benzene rings is 1. The van der Waals surface area contributed by atoms with Gasteiger partial charge in [0.1, 0.15) is 6.29 Å². The van der Waals surface area contributed by atoms with Crippen LogP contribution in [0.4, 0.5) is 0 Å². The topological polar surface area (TPSA) is 17.1 Å². The molecule has 0 aliphatic heterocycles. The number of aldehydes is 1. The predicted molar refractivity (Wildman–Crippen MR) is 61.8 cm³/mol. The molecular weight excluding hydrogens is 184 g/mol. The SMILES string of the molecule is O=CC[C@@H]1CCCC[C@@H]1c1ccccc1. The summed E-state index contributed by atoms with van der Waals surface area (Å²) in [6, 6.07) is 10.7. The van der Waals surface area contributed by atoms with Crippen molar-refractivity contribution >= 4 is 6.29 Å². The summed E-state index contributed by atoms with van der Waals surface area (Å²) in [4.78, 5) is 10.6. The zero-order valence-electron chi connectivity index (χ0n) is 9.06. The van der Waals surface area contributed by atoms with Crippen molar-refractivity contribution in [2.24, 2.45) is 5.92 Å². The molecule has 0 amide bonds. The van der Waals surface area contributed by atoms with Crippen molar-refractivity contribution in [2.75, 3.05) is 0 Å². The van der Waals surface area contributed by atoms with E-state index < -0.39 is 0 Å². The fraction of sp³-hybridized carbons (Fsp3) is 0.500. The minimum Gasteiger partial charge on any atom is -0.303 e. The van der Waals surface area contributed by atoms with E-state index in [4.69, 9.17) is 0 Å². The van der Waals surface area contributed by atoms with Crippen LogP contribution in [0.3, 0.4) is 0 Å². The van der Waals surface area contributed by atoms with Gasteiger partial charge in [0, 0.05) is 6.42 Å². The molecular formula is C14H18O. The van der Waals surface area contributed by atoms with Gasteiger partial charge in [-0.25, -0.2) is 0 Å². The van der Waals surface area contributed by atoms with E-state index in [2.05, 4.69) is 30.3 Å². The highest BCUT2D eigenvalue weighted by molar-refractivity contribution is 5.50. The number of hydrogen-bond donors (Lipinski definition) is 0. The van der Waals surface area contributed by atoms with Crippen LogP contribution in [0, 0.1) is 5.92 Å². The Balaban J connectivity index is 2.14. The van der Waals surface area contributed by atoms with Gasteiger partial charge in [0.15, 0.2) is 0 Å². The molecule has 1 aromatic carbocycles. The number of rotatable bonds is 3. The first-order valence-corrected chi connectivity index (χ1v) is 5.90. The molecule has 1 heteroatoms. The van der Waals surface area contributed by atoms with Gasteiger partial charge in [-0.2, -0.15) is 0 Å². The zero-order valence-corrected chi connectivity index (χ0v) is 9.06. The highest BCUT2D eigenvalue weighted by atomic mass is 16.1. The molecule has 0 spiro atoms. The van der Waals surface area contributed by atoms with Gasteiger partial charge in [0.05, 0.1) is 0 Å². The summed E-state index contributed by atoms with van der Waals surface area (Å²) >= 11 is 0. The van der Waals surface area contributed by atoms with Crippen molar-refractivity contribution in [3.8, 4) is 0 Å². The number of hydrogen-bond acceptors (Lipinski definition) is 1. The van der Waals surface area contributed by atoms with E-state index in [1.165, 1.54) is 31.2 Å². The zero-order chi connectivity index (χ0) is 10.5. The van der Waals surface area contributed by atoms with Crippen LogP contribution in [-0.4, -0.2) is 6.29 Å². The van der Waals surface area contributed by atoms with Crippen molar-refractivity contribution in [3.05, 3.63) is 35.9 Å². The van der Waals surface area contributed by atoms with Gasteiger partial charge in [0.2, 0.25) is 0 Å². The van der Waals surface area contributed by atoms with Gasteiger partial charge >= 0.3 is 0 Å². The molecule has 0 heterocycles. The molecule has 2 rings (SSSR count). The lowest BCUT2D eigenvalue weighted by molar-refractivity contribution is -0.108. The predicted octanol–water partition coefficient (Wildman–Crippen LogP) is 3.55. The van der Waals surface area contributed by atoms with Crippen molar-refractivity contribution < 1.29 is 4.79 Å². The molecule has 15 heavy (non-hydrogen) atoms. The normalized spacial score (nSPS) is 26.1. The van der Waals surface area contributed by atoms with Crippen LogP contribution in [0.25, 0.3) is 0 Å². The second-order valence-electron chi connectivity index (χ2n) is 4.46. The third-order valence-corrected chi connectivity index (χ3v) is 3.54. The Labute approximate surface area is 91.5 Å². The van der Waals surface area contributed by atoms with Gasteiger partial charge in [-0.15, -0.1) is 0 Å². The van der Waals surface area contributed by atoms with E-state index >= 15 is 0 Å². The molecule has 0 radical (unpaired) electrons. The largest absolute Gasteiger partial charge is 0.303 e. The van der Waals surface area contributed by atoms with Crippen LogP contribution >= 0.6 is 0 Å². The molecule has 0 aromatic heterocycles. The first kappa shape index (κ1) is 10.4.